The van der Waals surface area contributed by atoms with E-state index in [1.807, 2.05) is 32.0 Å². The van der Waals surface area contributed by atoms with Crippen LogP contribution in [0.25, 0.3) is 0 Å². The molecular formula is C12H20N4O. The van der Waals surface area contributed by atoms with Gasteiger partial charge in [0, 0.05) is 18.7 Å². The highest BCUT2D eigenvalue weighted by Gasteiger charge is 2.16. The fourth-order valence-electron chi connectivity index (χ4n) is 1.56. The highest BCUT2D eigenvalue weighted by Crippen LogP contribution is 2.26. The number of nitrogens with two attached hydrogens (primary N) is 2. The van der Waals surface area contributed by atoms with Crippen LogP contribution in [0.5, 0.6) is 0 Å². The van der Waals surface area contributed by atoms with Gasteiger partial charge < -0.3 is 22.1 Å². The Bertz CT molecular complexity index is 403. The molecule has 0 aromatic heterocycles. The van der Waals surface area contributed by atoms with Crippen LogP contribution in [0.15, 0.2) is 18.2 Å². The Kier molecular flexibility index (Phi) is 4.48. The van der Waals surface area contributed by atoms with Crippen molar-refractivity contribution < 1.29 is 4.79 Å². The number of aryl methyl sites for hydroxylation is 1. The van der Waals surface area contributed by atoms with Gasteiger partial charge in [0.15, 0.2) is 0 Å². The molecule has 0 spiro atoms. The molecule has 1 rings (SSSR count). The summed E-state index contributed by atoms with van der Waals surface area (Å²) in [6.45, 7) is 3.93. The topological polar surface area (TPSA) is 93.2 Å². The minimum absolute atomic E-state index is 0.0259. The van der Waals surface area contributed by atoms with Gasteiger partial charge in [-0.05, 0) is 18.6 Å². The number of urea groups is 1. The molecule has 2 amide bonds. The van der Waals surface area contributed by atoms with Crippen molar-refractivity contribution in [3.05, 3.63) is 29.3 Å². The lowest BCUT2D eigenvalue weighted by molar-refractivity contribution is 0.254. The van der Waals surface area contributed by atoms with Crippen molar-refractivity contribution in [2.75, 3.05) is 12.4 Å². The summed E-state index contributed by atoms with van der Waals surface area (Å²) in [6.07, 6.45) is -0.456. The summed E-state index contributed by atoms with van der Waals surface area (Å²) < 4.78 is 0. The van der Waals surface area contributed by atoms with Gasteiger partial charge in [-0.25, -0.2) is 4.79 Å². The van der Waals surface area contributed by atoms with E-state index in [0.717, 1.165) is 16.8 Å². The Balaban J connectivity index is 3.07. The van der Waals surface area contributed by atoms with Crippen LogP contribution in [-0.4, -0.2) is 19.2 Å². The van der Waals surface area contributed by atoms with Crippen LogP contribution >= 0.6 is 0 Å². The molecule has 1 aromatic carbocycles. The van der Waals surface area contributed by atoms with Crippen molar-refractivity contribution in [1.82, 2.24) is 5.32 Å². The highest BCUT2D eigenvalue weighted by molar-refractivity contribution is 5.90. The van der Waals surface area contributed by atoms with Crippen molar-refractivity contribution >= 4 is 11.7 Å². The van der Waals surface area contributed by atoms with Crippen molar-refractivity contribution in [2.45, 2.75) is 25.9 Å². The minimum Gasteiger partial charge on any atom is -0.341 e. The van der Waals surface area contributed by atoms with Crippen LogP contribution in [0.1, 0.15) is 24.0 Å². The van der Waals surface area contributed by atoms with E-state index >= 15 is 0 Å². The largest absolute Gasteiger partial charge is 0.341 e. The predicted octanol–water partition coefficient (Wildman–Crippen LogP) is 1.09. The Morgan fingerprint density at radius 1 is 1.35 bits per heavy atom. The average molecular weight is 236 g/mol. The van der Waals surface area contributed by atoms with Crippen LogP contribution in [0.4, 0.5) is 10.5 Å². The minimum atomic E-state index is -0.456. The smallest absolute Gasteiger partial charge is 0.318 e. The summed E-state index contributed by atoms with van der Waals surface area (Å²) in [7, 11) is 1.57. The summed E-state index contributed by atoms with van der Waals surface area (Å²) in [5, 5.41) is 5.27. The number of hydrogen-bond donors (Lipinski definition) is 4. The van der Waals surface area contributed by atoms with Crippen molar-refractivity contribution in [3.63, 3.8) is 0 Å². The van der Waals surface area contributed by atoms with Crippen molar-refractivity contribution in [1.29, 1.82) is 0 Å². The number of anilines is 1. The molecule has 94 valence electrons. The van der Waals surface area contributed by atoms with E-state index < -0.39 is 6.17 Å². The van der Waals surface area contributed by atoms with Gasteiger partial charge in [0.1, 0.15) is 0 Å². The summed E-state index contributed by atoms with van der Waals surface area (Å²) in [6, 6.07) is 5.53. The zero-order valence-corrected chi connectivity index (χ0v) is 10.4. The molecule has 1 aromatic rings. The van der Waals surface area contributed by atoms with Gasteiger partial charge in [-0.3, -0.25) is 0 Å². The number of benzene rings is 1. The molecule has 0 aliphatic carbocycles. The zero-order valence-electron chi connectivity index (χ0n) is 10.4. The van der Waals surface area contributed by atoms with Gasteiger partial charge in [-0.15, -0.1) is 0 Å². The van der Waals surface area contributed by atoms with Gasteiger partial charge in [0.25, 0.3) is 0 Å². The maximum absolute atomic E-state index is 11.3. The van der Waals surface area contributed by atoms with E-state index in [1.54, 1.807) is 7.05 Å². The molecule has 0 radical (unpaired) electrons. The monoisotopic (exact) mass is 236 g/mol. The maximum atomic E-state index is 11.3. The average Bonchev–Trinajstić information content (AvgIpc) is 2.30. The Hall–Kier alpha value is -1.59. The third-order valence-corrected chi connectivity index (χ3v) is 2.75. The van der Waals surface area contributed by atoms with Crippen LogP contribution in [0.2, 0.25) is 0 Å². The second-order valence-electron chi connectivity index (χ2n) is 4.16. The van der Waals surface area contributed by atoms with Crippen LogP contribution in [0.3, 0.4) is 0 Å². The Labute approximate surface area is 102 Å². The molecule has 1 atom stereocenters. The van der Waals surface area contributed by atoms with E-state index in [4.69, 9.17) is 11.5 Å². The predicted molar refractivity (Wildman–Crippen MR) is 69.8 cm³/mol. The number of rotatable bonds is 3. The number of carbonyl (C=O) groups is 1. The van der Waals surface area contributed by atoms with E-state index in [9.17, 15) is 4.79 Å². The van der Waals surface area contributed by atoms with Gasteiger partial charge in [0.2, 0.25) is 0 Å². The molecule has 5 heteroatoms. The third kappa shape index (κ3) is 3.44. The molecule has 5 nitrogen and oxygen atoms in total. The van der Waals surface area contributed by atoms with Crippen molar-refractivity contribution in [3.8, 4) is 0 Å². The number of carbonyl (C=O) groups excluding carboxylic acids is 1. The molecule has 0 fully saturated rings. The first-order chi connectivity index (χ1) is 7.95. The molecule has 1 unspecified atom stereocenters. The first-order valence-corrected chi connectivity index (χ1v) is 5.56. The second kappa shape index (κ2) is 5.65. The maximum Gasteiger partial charge on any atom is 0.318 e. The standard InChI is InChI=1S/C12H20N4O/c1-7-4-5-10(16-12(17)15-3)9(6-7)8(2)11(13)14/h4-6,8,11H,13-14H2,1-3H3,(H2,15,16,17). The lowest BCUT2D eigenvalue weighted by Gasteiger charge is -2.20. The summed E-state index contributed by atoms with van der Waals surface area (Å²) in [5.74, 6) is -0.0259. The fraction of sp³-hybridized carbons (Fsp3) is 0.417. The number of nitrogens with one attached hydrogen (secondary N) is 2. The third-order valence-electron chi connectivity index (χ3n) is 2.75. The fourth-order valence-corrected chi connectivity index (χ4v) is 1.56. The van der Waals surface area contributed by atoms with Crippen LogP contribution < -0.4 is 22.1 Å². The highest BCUT2D eigenvalue weighted by atomic mass is 16.2. The lowest BCUT2D eigenvalue weighted by Crippen LogP contribution is -2.36. The molecule has 6 N–H and O–H groups in total. The van der Waals surface area contributed by atoms with E-state index in [1.165, 1.54) is 0 Å². The van der Waals surface area contributed by atoms with E-state index in [0.29, 0.717) is 0 Å². The second-order valence-corrected chi connectivity index (χ2v) is 4.16. The number of hydrogen-bond acceptors (Lipinski definition) is 3. The van der Waals surface area contributed by atoms with Crippen molar-refractivity contribution in [2.24, 2.45) is 11.5 Å². The summed E-state index contributed by atoms with van der Waals surface area (Å²) >= 11 is 0. The molecule has 0 heterocycles. The van der Waals surface area contributed by atoms with Gasteiger partial charge in [0.05, 0.1) is 6.17 Å². The zero-order chi connectivity index (χ0) is 13.0. The molecular weight excluding hydrogens is 216 g/mol. The Morgan fingerprint density at radius 2 is 2.00 bits per heavy atom. The quantitative estimate of drug-likeness (QED) is 0.592. The van der Waals surface area contributed by atoms with Crippen LogP contribution in [-0.2, 0) is 0 Å². The van der Waals surface area contributed by atoms with Gasteiger partial charge in [-0.2, -0.15) is 0 Å². The molecule has 0 bridgehead atoms. The van der Waals surface area contributed by atoms with E-state index in [2.05, 4.69) is 10.6 Å². The first-order valence-electron chi connectivity index (χ1n) is 5.56. The molecule has 0 saturated carbocycles. The first kappa shape index (κ1) is 13.5. The summed E-state index contributed by atoms with van der Waals surface area (Å²) in [5.41, 5.74) is 14.2. The molecule has 17 heavy (non-hydrogen) atoms. The lowest BCUT2D eigenvalue weighted by atomic mass is 9.95. The molecule has 0 aliphatic heterocycles. The molecule has 0 saturated heterocycles. The van der Waals surface area contributed by atoms with Gasteiger partial charge in [-0.1, -0.05) is 24.6 Å². The SMILES string of the molecule is CNC(=O)Nc1ccc(C)cc1C(C)C(N)N. The van der Waals surface area contributed by atoms with Crippen LogP contribution in [0, 0.1) is 6.92 Å². The summed E-state index contributed by atoms with van der Waals surface area (Å²) in [4.78, 5) is 11.3. The van der Waals surface area contributed by atoms with E-state index in [-0.39, 0.29) is 11.9 Å². The van der Waals surface area contributed by atoms with Gasteiger partial charge >= 0.3 is 6.03 Å². The Morgan fingerprint density at radius 3 is 2.53 bits per heavy atom. The number of amides is 2. The normalized spacial score (nSPS) is 12.4. The molecule has 0 aliphatic rings.